The maximum absolute atomic E-state index is 5.12. The van der Waals surface area contributed by atoms with Crippen molar-refractivity contribution in [2.24, 2.45) is 4.99 Å². The SMILES string of the molecule is CCC(CNC(=NC)NC(C)COC)N1CCCC1. The molecule has 5 nitrogen and oxygen atoms in total. The highest BCUT2D eigenvalue weighted by atomic mass is 16.5. The molecule has 1 aliphatic heterocycles. The molecule has 0 bridgehead atoms. The van der Waals surface area contributed by atoms with Gasteiger partial charge in [-0.15, -0.1) is 0 Å². The third-order valence-corrected chi connectivity index (χ3v) is 3.66. The molecular formula is C14H30N4O. The van der Waals surface area contributed by atoms with Gasteiger partial charge in [0.25, 0.3) is 0 Å². The van der Waals surface area contributed by atoms with E-state index in [1.54, 1.807) is 7.11 Å². The number of ether oxygens (including phenoxy) is 1. The van der Waals surface area contributed by atoms with Gasteiger partial charge in [-0.1, -0.05) is 6.92 Å². The first kappa shape index (κ1) is 16.2. The first-order chi connectivity index (χ1) is 9.21. The Balaban J connectivity index is 2.34. The van der Waals surface area contributed by atoms with Crippen molar-refractivity contribution in [1.82, 2.24) is 15.5 Å². The van der Waals surface area contributed by atoms with Gasteiger partial charge in [0, 0.05) is 32.8 Å². The molecular weight excluding hydrogens is 240 g/mol. The lowest BCUT2D eigenvalue weighted by molar-refractivity contribution is 0.178. The maximum atomic E-state index is 5.12. The molecule has 1 saturated heterocycles. The van der Waals surface area contributed by atoms with Gasteiger partial charge in [-0.2, -0.15) is 0 Å². The quantitative estimate of drug-likeness (QED) is 0.536. The van der Waals surface area contributed by atoms with Crippen LogP contribution in [0, 0.1) is 0 Å². The van der Waals surface area contributed by atoms with E-state index >= 15 is 0 Å². The second-order valence-electron chi connectivity index (χ2n) is 5.26. The molecule has 2 N–H and O–H groups in total. The number of hydrogen-bond acceptors (Lipinski definition) is 3. The predicted molar refractivity (Wildman–Crippen MR) is 80.7 cm³/mol. The second-order valence-corrected chi connectivity index (χ2v) is 5.26. The third-order valence-electron chi connectivity index (χ3n) is 3.66. The van der Waals surface area contributed by atoms with Gasteiger partial charge in [-0.25, -0.2) is 0 Å². The topological polar surface area (TPSA) is 48.9 Å². The molecule has 0 radical (unpaired) electrons. The number of rotatable bonds is 7. The van der Waals surface area contributed by atoms with Gasteiger partial charge in [0.1, 0.15) is 0 Å². The molecule has 1 fully saturated rings. The lowest BCUT2D eigenvalue weighted by Gasteiger charge is -2.27. The highest BCUT2D eigenvalue weighted by Crippen LogP contribution is 2.13. The van der Waals surface area contributed by atoms with Crippen molar-refractivity contribution in [2.45, 2.75) is 45.2 Å². The van der Waals surface area contributed by atoms with Crippen molar-refractivity contribution in [1.29, 1.82) is 0 Å². The zero-order valence-electron chi connectivity index (χ0n) is 12.9. The summed E-state index contributed by atoms with van der Waals surface area (Å²) in [5, 5.41) is 6.76. The van der Waals surface area contributed by atoms with Gasteiger partial charge in [0.05, 0.1) is 6.61 Å². The van der Waals surface area contributed by atoms with Gasteiger partial charge in [0.15, 0.2) is 5.96 Å². The molecule has 0 aromatic rings. The molecule has 1 aliphatic rings. The summed E-state index contributed by atoms with van der Waals surface area (Å²) in [6, 6.07) is 0.877. The van der Waals surface area contributed by atoms with Crippen LogP contribution in [0.1, 0.15) is 33.1 Å². The van der Waals surface area contributed by atoms with E-state index in [0.717, 1.165) is 12.5 Å². The van der Waals surface area contributed by atoms with Crippen molar-refractivity contribution < 1.29 is 4.74 Å². The largest absolute Gasteiger partial charge is 0.383 e. The predicted octanol–water partition coefficient (Wildman–Crippen LogP) is 1.06. The molecule has 112 valence electrons. The smallest absolute Gasteiger partial charge is 0.191 e. The fourth-order valence-electron chi connectivity index (χ4n) is 2.57. The van der Waals surface area contributed by atoms with Crippen LogP contribution in [0.3, 0.4) is 0 Å². The lowest BCUT2D eigenvalue weighted by atomic mass is 10.2. The van der Waals surface area contributed by atoms with E-state index in [2.05, 4.69) is 34.4 Å². The fraction of sp³-hybridized carbons (Fsp3) is 0.929. The summed E-state index contributed by atoms with van der Waals surface area (Å²) in [4.78, 5) is 6.85. The number of guanidine groups is 1. The van der Waals surface area contributed by atoms with Crippen molar-refractivity contribution in [3.8, 4) is 0 Å². The molecule has 1 rings (SSSR count). The Kier molecular flexibility index (Phi) is 7.82. The van der Waals surface area contributed by atoms with E-state index in [4.69, 9.17) is 4.74 Å². The molecule has 2 atom stereocenters. The van der Waals surface area contributed by atoms with Crippen LogP contribution >= 0.6 is 0 Å². The average molecular weight is 270 g/mol. The van der Waals surface area contributed by atoms with Gasteiger partial charge in [0.2, 0.25) is 0 Å². The van der Waals surface area contributed by atoms with Crippen LogP contribution in [0.2, 0.25) is 0 Å². The summed E-state index contributed by atoms with van der Waals surface area (Å²) >= 11 is 0. The lowest BCUT2D eigenvalue weighted by Crippen LogP contribution is -2.49. The van der Waals surface area contributed by atoms with Gasteiger partial charge < -0.3 is 15.4 Å². The minimum Gasteiger partial charge on any atom is -0.383 e. The number of likely N-dealkylation sites (tertiary alicyclic amines) is 1. The van der Waals surface area contributed by atoms with Gasteiger partial charge in [-0.05, 0) is 39.3 Å². The minimum atomic E-state index is 0.267. The van der Waals surface area contributed by atoms with Crippen molar-refractivity contribution >= 4 is 5.96 Å². The zero-order valence-corrected chi connectivity index (χ0v) is 12.9. The van der Waals surface area contributed by atoms with Crippen molar-refractivity contribution in [2.75, 3.05) is 40.4 Å². The van der Waals surface area contributed by atoms with Crippen LogP contribution in [0.5, 0.6) is 0 Å². The molecule has 0 aromatic heterocycles. The highest BCUT2D eigenvalue weighted by Gasteiger charge is 2.20. The summed E-state index contributed by atoms with van der Waals surface area (Å²) in [5.74, 6) is 0.863. The molecule has 19 heavy (non-hydrogen) atoms. The summed E-state index contributed by atoms with van der Waals surface area (Å²) in [6.45, 7) is 8.47. The van der Waals surface area contributed by atoms with Gasteiger partial charge >= 0.3 is 0 Å². The average Bonchev–Trinajstić information content (AvgIpc) is 2.92. The number of methoxy groups -OCH3 is 1. The summed E-state index contributed by atoms with van der Waals surface area (Å²) in [7, 11) is 3.53. The summed E-state index contributed by atoms with van der Waals surface area (Å²) < 4.78 is 5.12. The monoisotopic (exact) mass is 270 g/mol. The zero-order chi connectivity index (χ0) is 14.1. The van der Waals surface area contributed by atoms with Crippen LogP contribution < -0.4 is 10.6 Å². The Hall–Kier alpha value is -0.810. The Morgan fingerprint density at radius 3 is 2.58 bits per heavy atom. The molecule has 0 aliphatic carbocycles. The van der Waals surface area contributed by atoms with Crippen molar-refractivity contribution in [3.63, 3.8) is 0 Å². The summed E-state index contributed by atoms with van der Waals surface area (Å²) in [6.07, 6.45) is 3.86. The second kappa shape index (κ2) is 9.15. The van der Waals surface area contributed by atoms with E-state index in [1.807, 2.05) is 7.05 Å². The summed E-state index contributed by atoms with van der Waals surface area (Å²) in [5.41, 5.74) is 0. The van der Waals surface area contributed by atoms with Crippen molar-refractivity contribution in [3.05, 3.63) is 0 Å². The molecule has 0 spiro atoms. The Morgan fingerprint density at radius 1 is 1.37 bits per heavy atom. The molecule has 0 amide bonds. The van der Waals surface area contributed by atoms with E-state index in [9.17, 15) is 0 Å². The van der Waals surface area contributed by atoms with E-state index in [-0.39, 0.29) is 6.04 Å². The molecule has 5 heteroatoms. The first-order valence-electron chi connectivity index (χ1n) is 7.41. The van der Waals surface area contributed by atoms with Gasteiger partial charge in [-0.3, -0.25) is 9.89 Å². The Labute approximate surface area is 117 Å². The standard InChI is InChI=1S/C14H30N4O/c1-5-13(18-8-6-7-9-18)10-16-14(15-3)17-12(2)11-19-4/h12-13H,5-11H2,1-4H3,(H2,15,16,17). The number of nitrogens with one attached hydrogen (secondary N) is 2. The number of hydrogen-bond donors (Lipinski definition) is 2. The van der Waals surface area contributed by atoms with Crippen LogP contribution in [-0.2, 0) is 4.74 Å². The van der Waals surface area contributed by atoms with Crippen LogP contribution in [0.25, 0.3) is 0 Å². The highest BCUT2D eigenvalue weighted by molar-refractivity contribution is 5.79. The Morgan fingerprint density at radius 2 is 2.05 bits per heavy atom. The third kappa shape index (κ3) is 5.78. The van der Waals surface area contributed by atoms with E-state index in [1.165, 1.54) is 32.4 Å². The Bertz CT molecular complexity index is 264. The van der Waals surface area contributed by atoms with Crippen LogP contribution in [0.15, 0.2) is 4.99 Å². The number of aliphatic imine (C=N–C) groups is 1. The van der Waals surface area contributed by atoms with Crippen LogP contribution in [-0.4, -0.2) is 63.3 Å². The maximum Gasteiger partial charge on any atom is 0.191 e. The molecule has 1 heterocycles. The molecule has 0 aromatic carbocycles. The van der Waals surface area contributed by atoms with E-state index in [0.29, 0.717) is 12.6 Å². The molecule has 0 saturated carbocycles. The minimum absolute atomic E-state index is 0.267. The molecule has 2 unspecified atom stereocenters. The normalized spacial score (nSPS) is 20.3. The number of nitrogens with zero attached hydrogens (tertiary/aromatic N) is 2. The van der Waals surface area contributed by atoms with E-state index < -0.39 is 0 Å². The fourth-order valence-corrected chi connectivity index (χ4v) is 2.57. The van der Waals surface area contributed by atoms with Crippen LogP contribution in [0.4, 0.5) is 0 Å². The first-order valence-corrected chi connectivity index (χ1v) is 7.41.